The summed E-state index contributed by atoms with van der Waals surface area (Å²) in [5.74, 6) is -2.00. The van der Waals surface area contributed by atoms with Crippen molar-refractivity contribution in [1.82, 2.24) is 4.72 Å². The predicted octanol–water partition coefficient (Wildman–Crippen LogP) is 2.18. The fourth-order valence-corrected chi connectivity index (χ4v) is 3.18. The highest BCUT2D eigenvalue weighted by Crippen LogP contribution is 2.17. The van der Waals surface area contributed by atoms with Gasteiger partial charge in [-0.1, -0.05) is 19.8 Å². The van der Waals surface area contributed by atoms with Crippen LogP contribution in [0, 0.1) is 11.6 Å². The third-order valence-corrected chi connectivity index (χ3v) is 4.46. The molecule has 0 aliphatic heterocycles. The van der Waals surface area contributed by atoms with Crippen LogP contribution in [0.25, 0.3) is 0 Å². The lowest BCUT2D eigenvalue weighted by Crippen LogP contribution is -2.42. The smallest absolute Gasteiger partial charge is 0.243 e. The normalized spacial score (nSPS) is 15.1. The quantitative estimate of drug-likeness (QED) is 0.811. The van der Waals surface area contributed by atoms with Gasteiger partial charge < -0.3 is 5.11 Å². The topological polar surface area (TPSA) is 66.4 Å². The molecule has 0 spiro atoms. The van der Waals surface area contributed by atoms with Gasteiger partial charge in [0.2, 0.25) is 10.0 Å². The van der Waals surface area contributed by atoms with E-state index in [2.05, 4.69) is 4.72 Å². The Morgan fingerprint density at radius 2 is 2.00 bits per heavy atom. The van der Waals surface area contributed by atoms with E-state index in [0.717, 1.165) is 25.0 Å². The maximum Gasteiger partial charge on any atom is 0.243 e. The Kier molecular flexibility index (Phi) is 6.04. The maximum atomic E-state index is 13.5. The molecule has 0 heterocycles. The van der Waals surface area contributed by atoms with Crippen LogP contribution in [0.15, 0.2) is 23.1 Å². The molecule has 0 radical (unpaired) electrons. The largest absolute Gasteiger partial charge is 0.392 e. The van der Waals surface area contributed by atoms with E-state index in [1.54, 1.807) is 0 Å². The second-order valence-corrected chi connectivity index (χ2v) is 6.37. The fourth-order valence-electron chi connectivity index (χ4n) is 1.78. The van der Waals surface area contributed by atoms with E-state index in [9.17, 15) is 22.3 Å². The molecule has 0 fully saturated rings. The highest BCUT2D eigenvalue weighted by Gasteiger charge is 2.25. The minimum atomic E-state index is -4.13. The first-order chi connectivity index (χ1) is 9.27. The van der Waals surface area contributed by atoms with Crippen molar-refractivity contribution in [3.8, 4) is 0 Å². The summed E-state index contributed by atoms with van der Waals surface area (Å²) in [4.78, 5) is -0.624. The van der Waals surface area contributed by atoms with Gasteiger partial charge in [-0.3, -0.25) is 0 Å². The van der Waals surface area contributed by atoms with Gasteiger partial charge in [-0.25, -0.2) is 21.9 Å². The maximum absolute atomic E-state index is 13.5. The van der Waals surface area contributed by atoms with Crippen molar-refractivity contribution in [2.75, 3.05) is 0 Å². The number of benzene rings is 1. The lowest BCUT2D eigenvalue weighted by Gasteiger charge is -2.21. The van der Waals surface area contributed by atoms with E-state index in [4.69, 9.17) is 0 Å². The predicted molar refractivity (Wildman–Crippen MR) is 71.7 cm³/mol. The van der Waals surface area contributed by atoms with Crippen LogP contribution < -0.4 is 4.72 Å². The lowest BCUT2D eigenvalue weighted by molar-refractivity contribution is 0.150. The van der Waals surface area contributed by atoms with Crippen molar-refractivity contribution >= 4 is 10.0 Å². The molecule has 2 N–H and O–H groups in total. The van der Waals surface area contributed by atoms with Crippen LogP contribution in [0.2, 0.25) is 0 Å². The lowest BCUT2D eigenvalue weighted by atomic mass is 10.1. The number of unbranched alkanes of at least 4 members (excludes halogenated alkanes) is 1. The summed E-state index contributed by atoms with van der Waals surface area (Å²) >= 11 is 0. The van der Waals surface area contributed by atoms with E-state index in [1.165, 1.54) is 6.92 Å². The molecule has 1 rings (SSSR count). The Morgan fingerprint density at radius 1 is 1.35 bits per heavy atom. The molecular formula is C13H19F2NO3S. The second-order valence-electron chi connectivity index (χ2n) is 4.69. The van der Waals surface area contributed by atoms with Crippen molar-refractivity contribution in [3.63, 3.8) is 0 Å². The van der Waals surface area contributed by atoms with Gasteiger partial charge in [-0.05, 0) is 25.5 Å². The molecule has 0 saturated carbocycles. The molecular weight excluding hydrogens is 288 g/mol. The van der Waals surface area contributed by atoms with E-state index in [-0.39, 0.29) is 0 Å². The zero-order chi connectivity index (χ0) is 15.3. The van der Waals surface area contributed by atoms with E-state index in [0.29, 0.717) is 12.5 Å². The molecule has 0 aliphatic carbocycles. The zero-order valence-corrected chi connectivity index (χ0v) is 12.3. The van der Waals surface area contributed by atoms with Crippen LogP contribution in [0.1, 0.15) is 33.1 Å². The van der Waals surface area contributed by atoms with Gasteiger partial charge in [0.25, 0.3) is 0 Å². The summed E-state index contributed by atoms with van der Waals surface area (Å²) < 4.78 is 52.7. The van der Waals surface area contributed by atoms with Crippen molar-refractivity contribution < 1.29 is 22.3 Å². The summed E-state index contributed by atoms with van der Waals surface area (Å²) in [6.07, 6.45) is 1.11. The van der Waals surface area contributed by atoms with Gasteiger partial charge >= 0.3 is 0 Å². The minimum Gasteiger partial charge on any atom is -0.392 e. The number of hydrogen-bond donors (Lipinski definition) is 2. The first-order valence-electron chi connectivity index (χ1n) is 6.43. The molecule has 0 aliphatic rings. The Hall–Kier alpha value is -1.05. The van der Waals surface area contributed by atoms with Crippen LogP contribution >= 0.6 is 0 Å². The minimum absolute atomic E-state index is 0.441. The van der Waals surface area contributed by atoms with Crippen molar-refractivity contribution in [3.05, 3.63) is 29.8 Å². The fraction of sp³-hybridized carbons (Fsp3) is 0.538. The number of halogens is 2. The van der Waals surface area contributed by atoms with Gasteiger partial charge in [0.05, 0.1) is 6.10 Å². The molecule has 1 aromatic carbocycles. The molecule has 0 aromatic heterocycles. The van der Waals surface area contributed by atoms with Gasteiger partial charge in [-0.15, -0.1) is 0 Å². The average Bonchev–Trinajstić information content (AvgIpc) is 2.33. The van der Waals surface area contributed by atoms with Gasteiger partial charge in [-0.2, -0.15) is 0 Å². The van der Waals surface area contributed by atoms with Crippen molar-refractivity contribution in [2.45, 2.75) is 50.2 Å². The Bertz CT molecular complexity index is 547. The van der Waals surface area contributed by atoms with E-state index < -0.39 is 38.7 Å². The number of rotatable bonds is 7. The third-order valence-electron chi connectivity index (χ3n) is 2.94. The summed E-state index contributed by atoms with van der Waals surface area (Å²) in [6, 6.07) is 1.55. The summed E-state index contributed by atoms with van der Waals surface area (Å²) in [6.45, 7) is 3.40. The van der Waals surface area contributed by atoms with Gasteiger partial charge in [0.1, 0.15) is 16.5 Å². The second kappa shape index (κ2) is 7.10. The van der Waals surface area contributed by atoms with Crippen molar-refractivity contribution in [2.24, 2.45) is 0 Å². The molecule has 4 nitrogen and oxygen atoms in total. The number of hydrogen-bond acceptors (Lipinski definition) is 3. The number of sulfonamides is 1. The number of aliphatic hydroxyl groups excluding tert-OH is 1. The number of nitrogens with one attached hydrogen (secondary N) is 1. The summed E-state index contributed by atoms with van der Waals surface area (Å²) in [5.41, 5.74) is 0. The molecule has 2 unspecified atom stereocenters. The van der Waals surface area contributed by atoms with Gasteiger partial charge in [0, 0.05) is 12.1 Å². The van der Waals surface area contributed by atoms with Crippen LogP contribution in [0.3, 0.4) is 0 Å². The van der Waals surface area contributed by atoms with E-state index >= 15 is 0 Å². The molecule has 7 heteroatoms. The number of aliphatic hydroxyl groups is 1. The van der Waals surface area contributed by atoms with Crippen LogP contribution in [-0.4, -0.2) is 25.7 Å². The highest BCUT2D eigenvalue weighted by atomic mass is 32.2. The molecule has 0 saturated heterocycles. The highest BCUT2D eigenvalue weighted by molar-refractivity contribution is 7.89. The summed E-state index contributed by atoms with van der Waals surface area (Å²) in [5, 5.41) is 9.58. The first-order valence-corrected chi connectivity index (χ1v) is 7.91. The average molecular weight is 307 g/mol. The molecule has 2 atom stereocenters. The molecule has 0 bridgehead atoms. The SMILES string of the molecule is CCCCC(NS(=O)(=O)c1ccc(F)cc1F)C(C)O. The molecule has 0 amide bonds. The van der Waals surface area contributed by atoms with Crippen molar-refractivity contribution in [1.29, 1.82) is 0 Å². The molecule has 114 valence electrons. The van der Waals surface area contributed by atoms with Crippen LogP contribution in [0.4, 0.5) is 8.78 Å². The standard InChI is InChI=1S/C13H19F2NO3S/c1-3-4-5-12(9(2)17)16-20(18,19)13-7-6-10(14)8-11(13)15/h6-9,12,16-17H,3-5H2,1-2H3. The Labute approximate surface area is 117 Å². The Balaban J connectivity index is 2.97. The summed E-state index contributed by atoms with van der Waals surface area (Å²) in [7, 11) is -4.13. The van der Waals surface area contributed by atoms with Gasteiger partial charge in [0.15, 0.2) is 0 Å². The third kappa shape index (κ3) is 4.50. The monoisotopic (exact) mass is 307 g/mol. The van der Waals surface area contributed by atoms with Crippen LogP contribution in [0.5, 0.6) is 0 Å². The first kappa shape index (κ1) is 17.0. The molecule has 20 heavy (non-hydrogen) atoms. The zero-order valence-electron chi connectivity index (χ0n) is 11.4. The Morgan fingerprint density at radius 3 is 2.50 bits per heavy atom. The molecule has 1 aromatic rings. The van der Waals surface area contributed by atoms with E-state index in [1.807, 2.05) is 6.92 Å². The van der Waals surface area contributed by atoms with Crippen LogP contribution in [-0.2, 0) is 10.0 Å².